The van der Waals surface area contributed by atoms with Crippen molar-refractivity contribution in [3.63, 3.8) is 0 Å². The number of anilines is 4. The first kappa shape index (κ1) is 21.6. The van der Waals surface area contributed by atoms with Crippen LogP contribution in [0.1, 0.15) is 27.6 Å². The monoisotopic (exact) mass is 442 g/mol. The maximum atomic E-state index is 12.8. The summed E-state index contributed by atoms with van der Waals surface area (Å²) < 4.78 is 5.03. The van der Waals surface area contributed by atoms with Crippen molar-refractivity contribution in [2.24, 2.45) is 0 Å². The molecule has 0 saturated carbocycles. The van der Waals surface area contributed by atoms with Crippen LogP contribution in [-0.2, 0) is 4.74 Å². The molecular weight excluding hydrogens is 420 g/mol. The molecule has 0 aliphatic rings. The van der Waals surface area contributed by atoms with Gasteiger partial charge in [0.25, 0.3) is 5.91 Å². The molecule has 0 bridgehead atoms. The van der Waals surface area contributed by atoms with Crippen LogP contribution in [0.15, 0.2) is 73.1 Å². The predicted molar refractivity (Wildman–Crippen MR) is 127 cm³/mol. The molecule has 0 fully saturated rings. The highest BCUT2D eigenvalue weighted by atomic mass is 16.5. The molecule has 4 aromatic rings. The summed E-state index contributed by atoms with van der Waals surface area (Å²) in [5.41, 5.74) is 13.3. The van der Waals surface area contributed by atoms with Crippen molar-refractivity contribution in [1.29, 1.82) is 0 Å². The number of carbonyl (C=O) groups is 2. The molecule has 0 radical (unpaired) electrons. The number of hydrazine groups is 1. The number of aromatic nitrogens is 2. The van der Waals surface area contributed by atoms with Crippen molar-refractivity contribution in [3.05, 3.63) is 84.2 Å². The third kappa shape index (κ3) is 4.82. The largest absolute Gasteiger partial charge is 0.462 e. The summed E-state index contributed by atoms with van der Waals surface area (Å²) in [5, 5.41) is 4.85. The lowest BCUT2D eigenvalue weighted by molar-refractivity contribution is 0.0526. The number of esters is 1. The number of ether oxygens (including phenoxy) is 1. The molecule has 9 nitrogen and oxygen atoms in total. The van der Waals surface area contributed by atoms with Crippen molar-refractivity contribution in [2.75, 3.05) is 23.1 Å². The maximum Gasteiger partial charge on any atom is 0.338 e. The summed E-state index contributed by atoms with van der Waals surface area (Å²) in [7, 11) is 0. The number of amides is 1. The van der Waals surface area contributed by atoms with E-state index < -0.39 is 5.97 Å². The lowest BCUT2D eigenvalue weighted by Gasteiger charge is -2.14. The molecule has 0 aliphatic carbocycles. The number of nitrogens with two attached hydrogens (primary N) is 1. The Hall–Kier alpha value is -4.66. The Bertz CT molecular complexity index is 1320. The number of benzene rings is 3. The first-order valence-electron chi connectivity index (χ1n) is 10.3. The van der Waals surface area contributed by atoms with Gasteiger partial charge in [-0.25, -0.2) is 14.8 Å². The average molecular weight is 442 g/mol. The van der Waals surface area contributed by atoms with Crippen LogP contribution in [0.2, 0.25) is 0 Å². The van der Waals surface area contributed by atoms with Crippen LogP contribution in [0, 0.1) is 0 Å². The zero-order chi connectivity index (χ0) is 23.2. The van der Waals surface area contributed by atoms with E-state index in [-0.39, 0.29) is 24.0 Å². The van der Waals surface area contributed by atoms with Gasteiger partial charge < -0.3 is 15.8 Å². The molecule has 0 saturated heterocycles. The summed E-state index contributed by atoms with van der Waals surface area (Å²) in [6.07, 6.45) is 1.31. The van der Waals surface area contributed by atoms with Gasteiger partial charge in [-0.3, -0.25) is 15.6 Å². The number of hydrogen-bond acceptors (Lipinski definition) is 8. The Morgan fingerprint density at radius 3 is 2.58 bits per heavy atom. The lowest BCUT2D eigenvalue weighted by atomic mass is 10.0. The summed E-state index contributed by atoms with van der Waals surface area (Å²) >= 11 is 0. The molecular formula is C24H22N6O3. The summed E-state index contributed by atoms with van der Waals surface area (Å²) in [6.45, 7) is 2.03. The van der Waals surface area contributed by atoms with Gasteiger partial charge in [0, 0.05) is 11.3 Å². The first-order chi connectivity index (χ1) is 16.1. The lowest BCUT2D eigenvalue weighted by Crippen LogP contribution is -2.30. The van der Waals surface area contributed by atoms with E-state index in [0.29, 0.717) is 22.6 Å². The first-order valence-corrected chi connectivity index (χ1v) is 10.3. The Morgan fingerprint density at radius 1 is 0.970 bits per heavy atom. The van der Waals surface area contributed by atoms with Crippen molar-refractivity contribution < 1.29 is 14.3 Å². The smallest absolute Gasteiger partial charge is 0.338 e. The topological polar surface area (TPSA) is 131 Å². The summed E-state index contributed by atoms with van der Waals surface area (Å²) in [4.78, 5) is 33.0. The zero-order valence-electron chi connectivity index (χ0n) is 17.8. The fourth-order valence-corrected chi connectivity index (χ4v) is 3.28. The average Bonchev–Trinajstić information content (AvgIpc) is 2.84. The normalized spacial score (nSPS) is 10.5. The minimum atomic E-state index is -0.421. The number of nitrogen functional groups attached to an aromatic ring is 1. The highest BCUT2D eigenvalue weighted by Gasteiger charge is 2.13. The number of hydrogen-bond donors (Lipinski definition) is 4. The quantitative estimate of drug-likeness (QED) is 0.250. The number of rotatable bonds is 7. The van der Waals surface area contributed by atoms with Crippen molar-refractivity contribution in [2.45, 2.75) is 6.92 Å². The van der Waals surface area contributed by atoms with Crippen LogP contribution in [-0.4, -0.2) is 28.5 Å². The van der Waals surface area contributed by atoms with Gasteiger partial charge in [0.1, 0.15) is 12.0 Å². The van der Waals surface area contributed by atoms with Gasteiger partial charge >= 0.3 is 5.97 Å². The fraction of sp³-hybridized carbons (Fsp3) is 0.0833. The summed E-state index contributed by atoms with van der Waals surface area (Å²) in [6, 6.07) is 19.9. The Balaban J connectivity index is 1.49. The van der Waals surface area contributed by atoms with Crippen LogP contribution in [0.3, 0.4) is 0 Å². The van der Waals surface area contributed by atoms with Gasteiger partial charge in [-0.1, -0.05) is 42.5 Å². The van der Waals surface area contributed by atoms with Crippen molar-refractivity contribution >= 4 is 45.7 Å². The van der Waals surface area contributed by atoms with Gasteiger partial charge in [0.15, 0.2) is 11.6 Å². The van der Waals surface area contributed by atoms with Crippen LogP contribution < -0.4 is 21.9 Å². The van der Waals surface area contributed by atoms with Crippen LogP contribution >= 0.6 is 0 Å². The van der Waals surface area contributed by atoms with Crippen molar-refractivity contribution in [3.8, 4) is 0 Å². The van der Waals surface area contributed by atoms with E-state index in [9.17, 15) is 9.59 Å². The molecule has 0 atom stereocenters. The van der Waals surface area contributed by atoms with E-state index in [0.717, 1.165) is 10.8 Å². The van der Waals surface area contributed by atoms with Gasteiger partial charge in [0.2, 0.25) is 0 Å². The molecule has 9 heteroatoms. The minimum Gasteiger partial charge on any atom is -0.462 e. The number of carbonyl (C=O) groups excluding carboxylic acids is 2. The Labute approximate surface area is 190 Å². The van der Waals surface area contributed by atoms with Crippen LogP contribution in [0.5, 0.6) is 0 Å². The molecule has 1 amide bonds. The van der Waals surface area contributed by atoms with Gasteiger partial charge in [-0.05, 0) is 42.0 Å². The summed E-state index contributed by atoms with van der Waals surface area (Å²) in [5.74, 6) is -0.215. The van der Waals surface area contributed by atoms with Crippen molar-refractivity contribution in [1.82, 2.24) is 15.4 Å². The molecule has 5 N–H and O–H groups in total. The molecule has 166 valence electrons. The van der Waals surface area contributed by atoms with E-state index in [1.54, 1.807) is 37.3 Å². The second-order valence-electron chi connectivity index (χ2n) is 7.02. The number of nitrogens with zero attached hydrogens (tertiary/aromatic N) is 2. The number of fused-ring (bicyclic) bond motifs is 1. The molecule has 0 aliphatic heterocycles. The van der Waals surface area contributed by atoms with E-state index in [1.807, 2.05) is 36.4 Å². The van der Waals surface area contributed by atoms with E-state index in [2.05, 4.69) is 26.1 Å². The molecule has 0 unspecified atom stereocenters. The van der Waals surface area contributed by atoms with Gasteiger partial charge in [0.05, 0.1) is 12.2 Å². The highest BCUT2D eigenvalue weighted by Crippen LogP contribution is 2.26. The SMILES string of the molecule is CCOC(=O)c1cccc(Nc2ncnc(NNC(=O)c3cccc4ccccc34)c2N)c1. The zero-order valence-corrected chi connectivity index (χ0v) is 17.8. The molecule has 1 heterocycles. The third-order valence-electron chi connectivity index (χ3n) is 4.85. The Morgan fingerprint density at radius 2 is 1.73 bits per heavy atom. The molecule has 33 heavy (non-hydrogen) atoms. The molecule has 0 spiro atoms. The second kappa shape index (κ2) is 9.65. The van der Waals surface area contributed by atoms with Crippen LogP contribution in [0.25, 0.3) is 10.8 Å². The Kier molecular flexibility index (Phi) is 6.31. The third-order valence-corrected chi connectivity index (χ3v) is 4.85. The number of nitrogens with one attached hydrogen (secondary N) is 3. The minimum absolute atomic E-state index is 0.192. The second-order valence-corrected chi connectivity index (χ2v) is 7.02. The highest BCUT2D eigenvalue weighted by molar-refractivity contribution is 6.07. The predicted octanol–water partition coefficient (Wildman–Crippen LogP) is 3.89. The maximum absolute atomic E-state index is 12.8. The van der Waals surface area contributed by atoms with E-state index in [4.69, 9.17) is 10.5 Å². The van der Waals surface area contributed by atoms with E-state index >= 15 is 0 Å². The molecule has 1 aromatic heterocycles. The van der Waals surface area contributed by atoms with Crippen LogP contribution in [0.4, 0.5) is 23.0 Å². The molecule has 4 rings (SSSR count). The van der Waals surface area contributed by atoms with Gasteiger partial charge in [-0.2, -0.15) is 0 Å². The molecule has 3 aromatic carbocycles. The fourth-order valence-electron chi connectivity index (χ4n) is 3.28. The van der Waals surface area contributed by atoms with E-state index in [1.165, 1.54) is 6.33 Å². The standard InChI is InChI=1S/C24H22N6O3/c1-2-33-24(32)16-9-5-10-17(13-16)28-21-20(25)22(27-14-26-21)29-30-23(31)19-12-6-8-15-7-3-4-11-18(15)19/h3-14H,2,25H2,1H3,(H,30,31)(H2,26,27,28,29). The van der Waals surface area contributed by atoms with Gasteiger partial charge in [-0.15, -0.1) is 0 Å².